The van der Waals surface area contributed by atoms with E-state index in [-0.39, 0.29) is 0 Å². The molecule has 0 amide bonds. The molecule has 0 radical (unpaired) electrons. The fourth-order valence-electron chi connectivity index (χ4n) is 1.19. The molecule has 0 aromatic heterocycles. The summed E-state index contributed by atoms with van der Waals surface area (Å²) >= 11 is 0. The first-order valence-corrected chi connectivity index (χ1v) is 4.25. The van der Waals surface area contributed by atoms with Crippen molar-refractivity contribution in [2.75, 3.05) is 14.1 Å². The summed E-state index contributed by atoms with van der Waals surface area (Å²) in [5, 5.41) is 9.12. The molecule has 0 aliphatic rings. The van der Waals surface area contributed by atoms with E-state index in [1.807, 2.05) is 56.3 Å². The maximum Gasteiger partial charge on any atom is 0.131 e. The van der Waals surface area contributed by atoms with Gasteiger partial charge in [-0.2, -0.15) is 5.26 Å². The molecule has 2 nitrogen and oxygen atoms in total. The Morgan fingerprint density at radius 3 is 2.15 bits per heavy atom. The molecular weight excluding hydrogens is 160 g/mol. The average Bonchev–Trinajstić information content (AvgIpc) is 2.17. The second kappa shape index (κ2) is 3.59. The van der Waals surface area contributed by atoms with Gasteiger partial charge in [0.2, 0.25) is 0 Å². The normalized spacial score (nSPS) is 15.0. The number of benzene rings is 1. The van der Waals surface area contributed by atoms with Crippen LogP contribution in [0.5, 0.6) is 0 Å². The van der Waals surface area contributed by atoms with Crippen LogP contribution >= 0.6 is 0 Å². The van der Waals surface area contributed by atoms with Gasteiger partial charge in [0.05, 0.1) is 6.07 Å². The van der Waals surface area contributed by atoms with Crippen LogP contribution in [0, 0.1) is 11.3 Å². The molecule has 0 saturated heterocycles. The minimum absolute atomic E-state index is 0.527. The minimum atomic E-state index is -0.527. The van der Waals surface area contributed by atoms with Crippen LogP contribution in [0.3, 0.4) is 0 Å². The highest BCUT2D eigenvalue weighted by molar-refractivity contribution is 5.29. The van der Waals surface area contributed by atoms with Gasteiger partial charge in [-0.25, -0.2) is 0 Å². The van der Waals surface area contributed by atoms with Gasteiger partial charge in [-0.3, -0.25) is 4.90 Å². The molecule has 0 fully saturated rings. The van der Waals surface area contributed by atoms with E-state index < -0.39 is 5.54 Å². The van der Waals surface area contributed by atoms with Crippen LogP contribution in [-0.2, 0) is 5.54 Å². The Kier molecular flexibility index (Phi) is 2.69. The van der Waals surface area contributed by atoms with Crippen LogP contribution in [-0.4, -0.2) is 19.0 Å². The van der Waals surface area contributed by atoms with Crippen molar-refractivity contribution in [3.63, 3.8) is 0 Å². The highest BCUT2D eigenvalue weighted by Crippen LogP contribution is 2.24. The van der Waals surface area contributed by atoms with Gasteiger partial charge < -0.3 is 0 Å². The molecule has 0 spiro atoms. The van der Waals surface area contributed by atoms with E-state index in [1.165, 1.54) is 0 Å². The van der Waals surface area contributed by atoms with Crippen molar-refractivity contribution in [2.24, 2.45) is 0 Å². The zero-order valence-corrected chi connectivity index (χ0v) is 8.28. The zero-order valence-electron chi connectivity index (χ0n) is 8.28. The van der Waals surface area contributed by atoms with E-state index in [2.05, 4.69) is 6.07 Å². The Bertz CT molecular complexity index is 311. The Morgan fingerprint density at radius 1 is 1.23 bits per heavy atom. The smallest absolute Gasteiger partial charge is 0.131 e. The standard InChI is InChI=1S/C11H14N2/c1-11(9-12,13(2)3)10-7-5-4-6-8-10/h4-8H,1-3H3. The Hall–Kier alpha value is -1.33. The van der Waals surface area contributed by atoms with E-state index in [0.717, 1.165) is 5.56 Å². The lowest BCUT2D eigenvalue weighted by molar-refractivity contribution is 0.241. The molecule has 0 aliphatic heterocycles. The average molecular weight is 174 g/mol. The lowest BCUT2D eigenvalue weighted by Gasteiger charge is -2.29. The van der Waals surface area contributed by atoms with Crippen molar-refractivity contribution in [3.05, 3.63) is 35.9 Å². The van der Waals surface area contributed by atoms with Crippen LogP contribution in [0.2, 0.25) is 0 Å². The molecule has 1 aromatic carbocycles. The van der Waals surface area contributed by atoms with Crippen LogP contribution in [0.4, 0.5) is 0 Å². The summed E-state index contributed by atoms with van der Waals surface area (Å²) in [7, 11) is 3.83. The maximum absolute atomic E-state index is 9.12. The third-order valence-electron chi connectivity index (χ3n) is 2.45. The second-order valence-electron chi connectivity index (χ2n) is 3.44. The molecule has 0 heterocycles. The first-order chi connectivity index (χ1) is 6.11. The number of hydrogen-bond donors (Lipinski definition) is 0. The maximum atomic E-state index is 9.12. The molecule has 0 aliphatic carbocycles. The lowest BCUT2D eigenvalue weighted by Crippen LogP contribution is -2.36. The summed E-state index contributed by atoms with van der Waals surface area (Å²) in [6.45, 7) is 1.92. The van der Waals surface area contributed by atoms with Crippen molar-refractivity contribution in [2.45, 2.75) is 12.5 Å². The number of rotatable bonds is 2. The van der Waals surface area contributed by atoms with E-state index in [4.69, 9.17) is 5.26 Å². The Balaban J connectivity index is 3.13. The predicted molar refractivity (Wildman–Crippen MR) is 53.1 cm³/mol. The van der Waals surface area contributed by atoms with Crippen LogP contribution in [0.15, 0.2) is 30.3 Å². The summed E-state index contributed by atoms with van der Waals surface area (Å²) in [5.41, 5.74) is 0.504. The van der Waals surface area contributed by atoms with Gasteiger partial charge in [0.15, 0.2) is 0 Å². The van der Waals surface area contributed by atoms with Gasteiger partial charge in [0.25, 0.3) is 0 Å². The molecule has 1 rings (SSSR count). The van der Waals surface area contributed by atoms with Crippen LogP contribution in [0.25, 0.3) is 0 Å². The largest absolute Gasteiger partial charge is 0.288 e. The third-order valence-corrected chi connectivity index (χ3v) is 2.45. The summed E-state index contributed by atoms with van der Waals surface area (Å²) in [6.07, 6.45) is 0. The highest BCUT2D eigenvalue weighted by Gasteiger charge is 2.28. The zero-order chi connectivity index (χ0) is 9.90. The van der Waals surface area contributed by atoms with E-state index in [1.54, 1.807) is 0 Å². The first kappa shape index (κ1) is 9.76. The van der Waals surface area contributed by atoms with Gasteiger partial charge in [0, 0.05) is 0 Å². The van der Waals surface area contributed by atoms with Crippen LogP contribution in [0.1, 0.15) is 12.5 Å². The Labute approximate surface area is 79.4 Å². The highest BCUT2D eigenvalue weighted by atomic mass is 15.1. The fourth-order valence-corrected chi connectivity index (χ4v) is 1.19. The van der Waals surface area contributed by atoms with Crippen molar-refractivity contribution in [1.29, 1.82) is 5.26 Å². The number of nitriles is 1. The molecule has 0 N–H and O–H groups in total. The first-order valence-electron chi connectivity index (χ1n) is 4.25. The molecule has 68 valence electrons. The van der Waals surface area contributed by atoms with Gasteiger partial charge in [-0.1, -0.05) is 30.3 Å². The molecule has 0 saturated carbocycles. The molecule has 1 aromatic rings. The number of nitrogens with zero attached hydrogens (tertiary/aromatic N) is 2. The molecule has 13 heavy (non-hydrogen) atoms. The topological polar surface area (TPSA) is 27.0 Å². The number of hydrogen-bond acceptors (Lipinski definition) is 2. The monoisotopic (exact) mass is 174 g/mol. The van der Waals surface area contributed by atoms with E-state index in [9.17, 15) is 0 Å². The van der Waals surface area contributed by atoms with Gasteiger partial charge in [0.1, 0.15) is 5.54 Å². The molecule has 0 bridgehead atoms. The quantitative estimate of drug-likeness (QED) is 0.685. The fraction of sp³-hybridized carbons (Fsp3) is 0.364. The van der Waals surface area contributed by atoms with Gasteiger partial charge in [-0.05, 0) is 26.6 Å². The second-order valence-corrected chi connectivity index (χ2v) is 3.44. The Morgan fingerprint density at radius 2 is 1.77 bits per heavy atom. The van der Waals surface area contributed by atoms with Crippen molar-refractivity contribution < 1.29 is 0 Å². The molecule has 2 heteroatoms. The SMILES string of the molecule is CN(C)C(C)(C#N)c1ccccc1. The molecule has 1 atom stereocenters. The van der Waals surface area contributed by atoms with Gasteiger partial charge >= 0.3 is 0 Å². The lowest BCUT2D eigenvalue weighted by atomic mass is 9.93. The summed E-state index contributed by atoms with van der Waals surface area (Å²) in [5.74, 6) is 0. The molecular formula is C11H14N2. The van der Waals surface area contributed by atoms with Crippen molar-refractivity contribution >= 4 is 0 Å². The van der Waals surface area contributed by atoms with Gasteiger partial charge in [-0.15, -0.1) is 0 Å². The van der Waals surface area contributed by atoms with E-state index in [0.29, 0.717) is 0 Å². The summed E-state index contributed by atoms with van der Waals surface area (Å²) < 4.78 is 0. The molecule has 1 unspecified atom stereocenters. The summed E-state index contributed by atoms with van der Waals surface area (Å²) in [6, 6.07) is 12.1. The van der Waals surface area contributed by atoms with Crippen molar-refractivity contribution in [3.8, 4) is 6.07 Å². The minimum Gasteiger partial charge on any atom is -0.288 e. The summed E-state index contributed by atoms with van der Waals surface area (Å²) in [4.78, 5) is 1.92. The predicted octanol–water partition coefficient (Wildman–Crippen LogP) is 1.99. The van der Waals surface area contributed by atoms with Crippen LogP contribution < -0.4 is 0 Å². The van der Waals surface area contributed by atoms with E-state index >= 15 is 0 Å². The van der Waals surface area contributed by atoms with Crippen molar-refractivity contribution in [1.82, 2.24) is 4.90 Å². The third kappa shape index (κ3) is 1.71.